The fourth-order valence-corrected chi connectivity index (χ4v) is 1.86. The van der Waals surface area contributed by atoms with Gasteiger partial charge in [-0.1, -0.05) is 18.5 Å². The van der Waals surface area contributed by atoms with Crippen molar-refractivity contribution >= 4 is 17.5 Å². The highest BCUT2D eigenvalue weighted by molar-refractivity contribution is 6.29. The van der Waals surface area contributed by atoms with Gasteiger partial charge in [0.15, 0.2) is 0 Å². The molecular formula is C12H14ClN5O. The van der Waals surface area contributed by atoms with Gasteiger partial charge >= 0.3 is 0 Å². The standard InChI is InChI=1S/C12H14ClN5O/c1-3-9-4-8(5-10(13)17-9)12(19)16-7(2)11-14-6-15-18-11/h4-7H,3H2,1-2H3,(H,16,19)(H,14,15,18). The first-order chi connectivity index (χ1) is 9.10. The Labute approximate surface area is 115 Å². The van der Waals surface area contributed by atoms with E-state index in [-0.39, 0.29) is 11.9 Å². The summed E-state index contributed by atoms with van der Waals surface area (Å²) in [6.07, 6.45) is 2.12. The summed E-state index contributed by atoms with van der Waals surface area (Å²) in [7, 11) is 0. The summed E-state index contributed by atoms with van der Waals surface area (Å²) in [5, 5.41) is 9.59. The number of pyridine rings is 1. The van der Waals surface area contributed by atoms with Crippen molar-refractivity contribution in [3.05, 3.63) is 40.7 Å². The molecule has 6 nitrogen and oxygen atoms in total. The monoisotopic (exact) mass is 279 g/mol. The van der Waals surface area contributed by atoms with Gasteiger partial charge in [-0.05, 0) is 25.5 Å². The van der Waals surface area contributed by atoms with Crippen molar-refractivity contribution in [1.29, 1.82) is 0 Å². The smallest absolute Gasteiger partial charge is 0.252 e. The fourth-order valence-electron chi connectivity index (χ4n) is 1.64. The zero-order valence-electron chi connectivity index (χ0n) is 10.6. The first kappa shape index (κ1) is 13.5. The van der Waals surface area contributed by atoms with Crippen molar-refractivity contribution in [2.24, 2.45) is 0 Å². The van der Waals surface area contributed by atoms with Crippen LogP contribution in [0.3, 0.4) is 0 Å². The quantitative estimate of drug-likeness (QED) is 0.838. The molecule has 1 amide bonds. The maximum Gasteiger partial charge on any atom is 0.252 e. The summed E-state index contributed by atoms with van der Waals surface area (Å²) in [5.74, 6) is 0.382. The molecule has 2 aromatic heterocycles. The van der Waals surface area contributed by atoms with Crippen molar-refractivity contribution < 1.29 is 4.79 Å². The van der Waals surface area contributed by atoms with Crippen LogP contribution in [0.5, 0.6) is 0 Å². The Morgan fingerprint density at radius 1 is 1.53 bits per heavy atom. The molecule has 2 aromatic rings. The highest BCUT2D eigenvalue weighted by atomic mass is 35.5. The van der Waals surface area contributed by atoms with Gasteiger partial charge in [0.2, 0.25) is 0 Å². The van der Waals surface area contributed by atoms with Gasteiger partial charge in [-0.15, -0.1) is 0 Å². The van der Waals surface area contributed by atoms with Crippen LogP contribution >= 0.6 is 11.6 Å². The van der Waals surface area contributed by atoms with Crippen LogP contribution in [0.25, 0.3) is 0 Å². The van der Waals surface area contributed by atoms with Crippen LogP contribution in [0.15, 0.2) is 18.5 Å². The molecule has 0 fully saturated rings. The second-order valence-electron chi connectivity index (χ2n) is 4.09. The van der Waals surface area contributed by atoms with Crippen LogP contribution in [0.2, 0.25) is 5.15 Å². The van der Waals surface area contributed by atoms with E-state index in [1.165, 1.54) is 6.33 Å². The zero-order chi connectivity index (χ0) is 13.8. The summed E-state index contributed by atoms with van der Waals surface area (Å²) in [4.78, 5) is 20.2. The number of carbonyl (C=O) groups excluding carboxylic acids is 1. The minimum atomic E-state index is -0.257. The molecule has 7 heteroatoms. The minimum absolute atomic E-state index is 0.220. The molecule has 0 radical (unpaired) electrons. The lowest BCUT2D eigenvalue weighted by Crippen LogP contribution is -2.27. The molecule has 2 N–H and O–H groups in total. The molecule has 0 aliphatic carbocycles. The van der Waals surface area contributed by atoms with Crippen LogP contribution in [0.4, 0.5) is 0 Å². The summed E-state index contributed by atoms with van der Waals surface area (Å²) >= 11 is 5.89. The average molecular weight is 280 g/mol. The number of aryl methyl sites for hydroxylation is 1. The first-order valence-electron chi connectivity index (χ1n) is 5.92. The van der Waals surface area contributed by atoms with E-state index in [2.05, 4.69) is 25.5 Å². The maximum atomic E-state index is 12.1. The van der Waals surface area contributed by atoms with Crippen LogP contribution in [0, 0.1) is 0 Å². The summed E-state index contributed by atoms with van der Waals surface area (Å²) in [6, 6.07) is 3.02. The van der Waals surface area contributed by atoms with Gasteiger partial charge in [0.25, 0.3) is 5.91 Å². The van der Waals surface area contributed by atoms with Crippen molar-refractivity contribution in [1.82, 2.24) is 25.5 Å². The molecular weight excluding hydrogens is 266 g/mol. The number of carbonyl (C=O) groups is 1. The SMILES string of the molecule is CCc1cc(C(=O)NC(C)c2ncn[nH]2)cc(Cl)n1. The highest BCUT2D eigenvalue weighted by Gasteiger charge is 2.14. The number of H-pyrrole nitrogens is 1. The molecule has 0 aromatic carbocycles. The van der Waals surface area contributed by atoms with Gasteiger partial charge in [0.05, 0.1) is 6.04 Å². The third-order valence-corrected chi connectivity index (χ3v) is 2.86. The Balaban J connectivity index is 2.13. The van der Waals surface area contributed by atoms with Gasteiger partial charge < -0.3 is 5.32 Å². The van der Waals surface area contributed by atoms with Crippen molar-refractivity contribution in [3.8, 4) is 0 Å². The van der Waals surface area contributed by atoms with Gasteiger partial charge in [0, 0.05) is 11.3 Å². The van der Waals surface area contributed by atoms with Crippen molar-refractivity contribution in [2.45, 2.75) is 26.3 Å². The molecule has 1 unspecified atom stereocenters. The number of amides is 1. The van der Waals surface area contributed by atoms with Crippen molar-refractivity contribution in [2.75, 3.05) is 0 Å². The van der Waals surface area contributed by atoms with E-state index in [9.17, 15) is 4.79 Å². The number of nitrogens with zero attached hydrogens (tertiary/aromatic N) is 3. The highest BCUT2D eigenvalue weighted by Crippen LogP contribution is 2.13. The molecule has 0 aliphatic heterocycles. The third kappa shape index (κ3) is 3.29. The lowest BCUT2D eigenvalue weighted by molar-refractivity contribution is 0.0938. The van der Waals surface area contributed by atoms with Gasteiger partial charge in [-0.2, -0.15) is 5.10 Å². The van der Waals surface area contributed by atoms with Crippen molar-refractivity contribution in [3.63, 3.8) is 0 Å². The number of rotatable bonds is 4. The van der Waals surface area contributed by atoms with E-state index in [0.29, 0.717) is 16.5 Å². The third-order valence-electron chi connectivity index (χ3n) is 2.66. The molecule has 100 valence electrons. The van der Waals surface area contributed by atoms with E-state index in [4.69, 9.17) is 11.6 Å². The molecule has 0 saturated carbocycles. The molecule has 1 atom stereocenters. The van der Waals surface area contributed by atoms with E-state index < -0.39 is 0 Å². The van der Waals surface area contributed by atoms with E-state index >= 15 is 0 Å². The van der Waals surface area contributed by atoms with Crippen LogP contribution in [-0.2, 0) is 6.42 Å². The van der Waals surface area contributed by atoms with Crippen LogP contribution < -0.4 is 5.32 Å². The van der Waals surface area contributed by atoms with Gasteiger partial charge in [-0.25, -0.2) is 9.97 Å². The largest absolute Gasteiger partial charge is 0.342 e. The predicted octanol–water partition coefficient (Wildman–Crippen LogP) is 1.91. The average Bonchev–Trinajstić information content (AvgIpc) is 2.91. The summed E-state index contributed by atoms with van der Waals surface area (Å²) < 4.78 is 0. The number of halogens is 1. The second kappa shape index (κ2) is 5.79. The number of aromatic amines is 1. The van der Waals surface area contributed by atoms with Crippen LogP contribution in [-0.4, -0.2) is 26.1 Å². The predicted molar refractivity (Wildman–Crippen MR) is 70.9 cm³/mol. The Morgan fingerprint density at radius 3 is 2.95 bits per heavy atom. The lowest BCUT2D eigenvalue weighted by atomic mass is 10.2. The second-order valence-corrected chi connectivity index (χ2v) is 4.48. The molecule has 0 saturated heterocycles. The van der Waals surface area contributed by atoms with E-state index in [1.54, 1.807) is 12.1 Å². The molecule has 0 spiro atoms. The molecule has 0 aliphatic rings. The Kier molecular flexibility index (Phi) is 4.11. The van der Waals surface area contributed by atoms with E-state index in [1.807, 2.05) is 13.8 Å². The molecule has 2 rings (SSSR count). The normalized spacial score (nSPS) is 12.2. The Bertz CT molecular complexity index is 570. The summed E-state index contributed by atoms with van der Waals surface area (Å²) in [6.45, 7) is 3.78. The first-order valence-corrected chi connectivity index (χ1v) is 6.30. The number of nitrogens with one attached hydrogen (secondary N) is 2. The number of hydrogen-bond donors (Lipinski definition) is 2. The maximum absolute atomic E-state index is 12.1. The fraction of sp³-hybridized carbons (Fsp3) is 0.333. The van der Waals surface area contributed by atoms with Gasteiger partial charge in [0.1, 0.15) is 17.3 Å². The molecule has 0 bridgehead atoms. The summed E-state index contributed by atoms with van der Waals surface area (Å²) in [5.41, 5.74) is 1.27. The Morgan fingerprint density at radius 2 is 2.32 bits per heavy atom. The lowest BCUT2D eigenvalue weighted by Gasteiger charge is -2.11. The Hall–Kier alpha value is -1.95. The molecule has 2 heterocycles. The molecule has 19 heavy (non-hydrogen) atoms. The number of aromatic nitrogens is 4. The van der Waals surface area contributed by atoms with Crippen LogP contribution in [0.1, 0.15) is 41.8 Å². The number of hydrogen-bond acceptors (Lipinski definition) is 4. The topological polar surface area (TPSA) is 83.6 Å². The van der Waals surface area contributed by atoms with E-state index in [0.717, 1.165) is 12.1 Å². The zero-order valence-corrected chi connectivity index (χ0v) is 11.4. The minimum Gasteiger partial charge on any atom is -0.342 e. The van der Waals surface area contributed by atoms with Gasteiger partial charge in [-0.3, -0.25) is 9.89 Å².